The summed E-state index contributed by atoms with van der Waals surface area (Å²) >= 11 is 0. The van der Waals surface area contributed by atoms with Crippen LogP contribution in [-0.2, 0) is 19.6 Å². The summed E-state index contributed by atoms with van der Waals surface area (Å²) in [7, 11) is -4.04. The third kappa shape index (κ3) is 4.15. The van der Waals surface area contributed by atoms with Crippen molar-refractivity contribution in [2.75, 3.05) is 19.6 Å². The molecule has 0 radical (unpaired) electrons. The van der Waals surface area contributed by atoms with Crippen molar-refractivity contribution in [3.05, 3.63) is 54.6 Å². The summed E-state index contributed by atoms with van der Waals surface area (Å²) in [6.07, 6.45) is 0. The molecule has 0 aromatic heterocycles. The number of rotatable bonds is 5. The molecule has 9 heteroatoms. The van der Waals surface area contributed by atoms with Crippen LogP contribution in [0.3, 0.4) is 0 Å². The van der Waals surface area contributed by atoms with Crippen LogP contribution < -0.4 is 4.74 Å². The van der Waals surface area contributed by atoms with E-state index >= 15 is 0 Å². The maximum absolute atomic E-state index is 13.0. The van der Waals surface area contributed by atoms with Crippen molar-refractivity contribution in [1.29, 1.82) is 0 Å². The van der Waals surface area contributed by atoms with Crippen LogP contribution in [-0.4, -0.2) is 60.3 Å². The third-order valence-corrected chi connectivity index (χ3v) is 6.39. The molecule has 8 nitrogen and oxygen atoms in total. The lowest BCUT2D eigenvalue weighted by Crippen LogP contribution is -2.58. The van der Waals surface area contributed by atoms with E-state index in [0.29, 0.717) is 11.5 Å². The van der Waals surface area contributed by atoms with Crippen molar-refractivity contribution < 1.29 is 27.9 Å². The molecule has 1 amide bonds. The van der Waals surface area contributed by atoms with Crippen LogP contribution in [0.1, 0.15) is 6.92 Å². The first-order valence-corrected chi connectivity index (χ1v) is 10.1. The highest BCUT2D eigenvalue weighted by atomic mass is 32.2. The summed E-state index contributed by atoms with van der Waals surface area (Å²) in [6, 6.07) is 13.5. The largest absolute Gasteiger partial charge is 0.480 e. The number of para-hydroxylation sites is 1. The molecule has 1 heterocycles. The van der Waals surface area contributed by atoms with Crippen molar-refractivity contribution in [2.24, 2.45) is 0 Å². The molecule has 1 saturated heterocycles. The van der Waals surface area contributed by atoms with Gasteiger partial charge in [0.15, 0.2) is 0 Å². The number of carboxylic acids is 1. The predicted octanol–water partition coefficient (Wildman–Crippen LogP) is 1.78. The molecule has 1 aliphatic heterocycles. The van der Waals surface area contributed by atoms with Gasteiger partial charge in [0.25, 0.3) is 0 Å². The Balaban J connectivity index is 1.81. The van der Waals surface area contributed by atoms with Crippen LogP contribution in [0, 0.1) is 0 Å². The average Bonchev–Trinajstić information content (AvgIpc) is 2.68. The van der Waals surface area contributed by atoms with E-state index in [4.69, 9.17) is 4.74 Å². The molecule has 1 N–H and O–H groups in total. The number of aliphatic carboxylic acids is 1. The zero-order valence-electron chi connectivity index (χ0n) is 15.2. The standard InChI is InChI=1S/C19H20N2O6S/c1-14(22)20-11-12-21(18(13-20)19(23)24)28(25,26)17-9-7-16(8-10-17)27-15-5-3-2-4-6-15/h2-10,18H,11-13H2,1H3,(H,23,24)/t18-/m1/s1. The number of benzene rings is 2. The Morgan fingerprint density at radius 1 is 1.00 bits per heavy atom. The minimum absolute atomic E-state index is 0.0320. The molecule has 2 aromatic rings. The predicted molar refractivity (Wildman–Crippen MR) is 101 cm³/mol. The van der Waals surface area contributed by atoms with E-state index in [9.17, 15) is 23.1 Å². The molecule has 0 saturated carbocycles. The number of nitrogens with zero attached hydrogens (tertiary/aromatic N) is 2. The van der Waals surface area contributed by atoms with Crippen LogP contribution >= 0.6 is 0 Å². The van der Waals surface area contributed by atoms with Gasteiger partial charge in [-0.2, -0.15) is 4.31 Å². The summed E-state index contributed by atoms with van der Waals surface area (Å²) in [5.41, 5.74) is 0. The van der Waals surface area contributed by atoms with Gasteiger partial charge < -0.3 is 14.7 Å². The molecule has 1 atom stereocenters. The van der Waals surface area contributed by atoms with E-state index in [1.54, 1.807) is 12.1 Å². The third-order valence-electron chi connectivity index (χ3n) is 4.47. The number of hydrogen-bond donors (Lipinski definition) is 1. The fourth-order valence-electron chi connectivity index (χ4n) is 2.98. The van der Waals surface area contributed by atoms with Crippen LogP contribution in [0.2, 0.25) is 0 Å². The van der Waals surface area contributed by atoms with Gasteiger partial charge in [-0.25, -0.2) is 8.42 Å². The first-order chi connectivity index (χ1) is 13.3. The number of carbonyl (C=O) groups excluding carboxylic acids is 1. The van der Waals surface area contributed by atoms with Gasteiger partial charge in [-0.05, 0) is 36.4 Å². The topological polar surface area (TPSA) is 104 Å². The lowest BCUT2D eigenvalue weighted by molar-refractivity contribution is -0.145. The quantitative estimate of drug-likeness (QED) is 0.815. The molecule has 28 heavy (non-hydrogen) atoms. The molecule has 1 fully saturated rings. The Labute approximate surface area is 163 Å². The average molecular weight is 404 g/mol. The Bertz CT molecular complexity index is 960. The molecule has 0 unspecified atom stereocenters. The number of sulfonamides is 1. The van der Waals surface area contributed by atoms with E-state index in [1.807, 2.05) is 18.2 Å². The highest BCUT2D eigenvalue weighted by Crippen LogP contribution is 2.26. The van der Waals surface area contributed by atoms with Gasteiger partial charge in [0.05, 0.1) is 4.90 Å². The van der Waals surface area contributed by atoms with Crippen LogP contribution in [0.5, 0.6) is 11.5 Å². The van der Waals surface area contributed by atoms with E-state index in [0.717, 1.165) is 4.31 Å². The summed E-state index contributed by atoms with van der Waals surface area (Å²) in [6.45, 7) is 1.21. The van der Waals surface area contributed by atoms with E-state index in [2.05, 4.69) is 0 Å². The lowest BCUT2D eigenvalue weighted by Gasteiger charge is -2.37. The maximum atomic E-state index is 13.0. The van der Waals surface area contributed by atoms with Crippen molar-refractivity contribution in [3.8, 4) is 11.5 Å². The SMILES string of the molecule is CC(=O)N1CCN(S(=O)(=O)c2ccc(Oc3ccccc3)cc2)[C@@H](C(=O)O)C1. The zero-order chi connectivity index (χ0) is 20.3. The highest BCUT2D eigenvalue weighted by Gasteiger charge is 2.40. The Hall–Kier alpha value is -2.91. The zero-order valence-corrected chi connectivity index (χ0v) is 16.0. The number of hydrogen-bond acceptors (Lipinski definition) is 5. The summed E-state index contributed by atoms with van der Waals surface area (Å²) < 4.78 is 32.5. The second-order valence-corrected chi connectivity index (χ2v) is 8.21. The Kier molecular flexibility index (Phi) is 5.66. The monoisotopic (exact) mass is 404 g/mol. The summed E-state index contributed by atoms with van der Waals surface area (Å²) in [4.78, 5) is 24.4. The Morgan fingerprint density at radius 2 is 1.61 bits per heavy atom. The minimum Gasteiger partial charge on any atom is -0.480 e. The van der Waals surface area contributed by atoms with E-state index in [1.165, 1.54) is 36.1 Å². The van der Waals surface area contributed by atoms with Crippen molar-refractivity contribution in [2.45, 2.75) is 17.9 Å². The number of piperazine rings is 1. The van der Waals surface area contributed by atoms with E-state index in [-0.39, 0.29) is 30.4 Å². The fraction of sp³-hybridized carbons (Fsp3) is 0.263. The number of ether oxygens (including phenoxy) is 1. The number of amides is 1. The molecule has 0 spiro atoms. The van der Waals surface area contributed by atoms with E-state index < -0.39 is 22.0 Å². The second-order valence-electron chi connectivity index (χ2n) is 6.32. The molecule has 2 aromatic carbocycles. The minimum atomic E-state index is -4.04. The van der Waals surface area contributed by atoms with Gasteiger partial charge >= 0.3 is 5.97 Å². The summed E-state index contributed by atoms with van der Waals surface area (Å²) in [5, 5.41) is 9.46. The number of carboxylic acid groups (broad SMARTS) is 1. The summed E-state index contributed by atoms with van der Waals surface area (Å²) in [5.74, 6) is -0.505. The first-order valence-electron chi connectivity index (χ1n) is 8.62. The van der Waals surface area contributed by atoms with Crippen molar-refractivity contribution in [1.82, 2.24) is 9.21 Å². The Morgan fingerprint density at radius 3 is 2.18 bits per heavy atom. The molecule has 1 aliphatic rings. The van der Waals surface area contributed by atoms with Crippen LogP contribution in [0.4, 0.5) is 0 Å². The molecule has 0 bridgehead atoms. The van der Waals surface area contributed by atoms with Gasteiger partial charge in [0.2, 0.25) is 15.9 Å². The van der Waals surface area contributed by atoms with Gasteiger partial charge in [-0.1, -0.05) is 18.2 Å². The smallest absolute Gasteiger partial charge is 0.323 e. The van der Waals surface area contributed by atoms with Crippen molar-refractivity contribution in [3.63, 3.8) is 0 Å². The van der Waals surface area contributed by atoms with Crippen LogP contribution in [0.15, 0.2) is 59.5 Å². The maximum Gasteiger partial charge on any atom is 0.323 e. The molecular weight excluding hydrogens is 384 g/mol. The second kappa shape index (κ2) is 7.99. The molecule has 0 aliphatic carbocycles. The van der Waals surface area contributed by atoms with Gasteiger partial charge in [0, 0.05) is 26.6 Å². The molecule has 148 valence electrons. The number of carbonyl (C=O) groups is 2. The first kappa shape index (κ1) is 19.8. The normalized spacial score (nSPS) is 17.9. The molecule has 3 rings (SSSR count). The highest BCUT2D eigenvalue weighted by molar-refractivity contribution is 7.89. The van der Waals surface area contributed by atoms with Gasteiger partial charge in [-0.3, -0.25) is 9.59 Å². The molecular formula is C19H20N2O6S. The van der Waals surface area contributed by atoms with Gasteiger partial charge in [0.1, 0.15) is 17.5 Å². The van der Waals surface area contributed by atoms with Crippen LogP contribution in [0.25, 0.3) is 0 Å². The fourth-order valence-corrected chi connectivity index (χ4v) is 4.55. The van der Waals surface area contributed by atoms with Crippen molar-refractivity contribution >= 4 is 21.9 Å². The van der Waals surface area contributed by atoms with Gasteiger partial charge in [-0.15, -0.1) is 0 Å². The lowest BCUT2D eigenvalue weighted by atomic mass is 10.2.